The van der Waals surface area contributed by atoms with Gasteiger partial charge >= 0.3 is 0 Å². The molecule has 0 saturated carbocycles. The van der Waals surface area contributed by atoms with Crippen LogP contribution in [0.5, 0.6) is 0 Å². The molecular weight excluding hydrogens is 425 g/mol. The summed E-state index contributed by atoms with van der Waals surface area (Å²) < 4.78 is 68.4. The molecule has 0 amide bonds. The van der Waals surface area contributed by atoms with Crippen molar-refractivity contribution in [1.82, 2.24) is 19.3 Å². The zero-order valence-corrected chi connectivity index (χ0v) is 16.3. The van der Waals surface area contributed by atoms with E-state index in [1.165, 1.54) is 23.5 Å². The van der Waals surface area contributed by atoms with Crippen LogP contribution in [0.4, 0.5) is 13.2 Å². The van der Waals surface area contributed by atoms with Gasteiger partial charge in [0.25, 0.3) is 0 Å². The highest BCUT2D eigenvalue weighted by Gasteiger charge is 2.20. The summed E-state index contributed by atoms with van der Waals surface area (Å²) >= 11 is 1.32. The second kappa shape index (κ2) is 7.58. The van der Waals surface area contributed by atoms with Gasteiger partial charge in [-0.2, -0.15) is 4.98 Å². The predicted molar refractivity (Wildman–Crippen MR) is 102 cm³/mol. The van der Waals surface area contributed by atoms with E-state index in [1.54, 1.807) is 22.0 Å². The second-order valence-electron chi connectivity index (χ2n) is 6.09. The molecule has 0 fully saturated rings. The summed E-state index contributed by atoms with van der Waals surface area (Å²) in [5.41, 5.74) is 1.34. The molecule has 0 spiro atoms. The fourth-order valence-electron chi connectivity index (χ4n) is 2.69. The Kier molecular flexibility index (Phi) is 5.11. The fraction of sp³-hybridized carbons (Fsp3) is 0.111. The Hall–Kier alpha value is -2.76. The lowest BCUT2D eigenvalue weighted by molar-refractivity contribution is 0.545. The van der Waals surface area contributed by atoms with Crippen molar-refractivity contribution in [3.05, 3.63) is 71.0 Å². The number of thiazole rings is 1. The van der Waals surface area contributed by atoms with Crippen molar-refractivity contribution in [2.45, 2.75) is 11.3 Å². The molecule has 0 aliphatic heterocycles. The number of fused-ring (bicyclic) bond motifs is 1. The minimum absolute atomic E-state index is 0.0458. The molecular formula is C18H13F3N4O2S2. The zero-order chi connectivity index (χ0) is 20.6. The highest BCUT2D eigenvalue weighted by atomic mass is 32.2. The number of hydrogen-bond acceptors (Lipinski definition) is 5. The average Bonchev–Trinajstić information content (AvgIpc) is 3.26. The van der Waals surface area contributed by atoms with E-state index >= 15 is 0 Å². The van der Waals surface area contributed by atoms with Gasteiger partial charge in [0.05, 0.1) is 5.69 Å². The van der Waals surface area contributed by atoms with Gasteiger partial charge in [-0.1, -0.05) is 0 Å². The number of sulfonamides is 1. The van der Waals surface area contributed by atoms with Gasteiger partial charge in [0.1, 0.15) is 22.3 Å². The molecule has 2 heterocycles. The van der Waals surface area contributed by atoms with E-state index in [2.05, 4.69) is 14.8 Å². The average molecular weight is 438 g/mol. The van der Waals surface area contributed by atoms with E-state index in [4.69, 9.17) is 0 Å². The number of aromatic nitrogens is 3. The summed E-state index contributed by atoms with van der Waals surface area (Å²) in [5.74, 6) is -1.82. The van der Waals surface area contributed by atoms with Crippen LogP contribution in [-0.2, 0) is 16.4 Å². The molecule has 4 aromatic rings. The minimum Gasteiger partial charge on any atom is -0.211 e. The van der Waals surface area contributed by atoms with Crippen LogP contribution in [0, 0.1) is 17.5 Å². The van der Waals surface area contributed by atoms with E-state index < -0.39 is 26.6 Å². The highest BCUT2D eigenvalue weighted by Crippen LogP contribution is 2.21. The van der Waals surface area contributed by atoms with Gasteiger partial charge in [0, 0.05) is 23.9 Å². The van der Waals surface area contributed by atoms with E-state index in [-0.39, 0.29) is 18.8 Å². The molecule has 11 heteroatoms. The van der Waals surface area contributed by atoms with Crippen LogP contribution in [0.2, 0.25) is 0 Å². The summed E-state index contributed by atoms with van der Waals surface area (Å²) in [5, 5.41) is 6.16. The molecule has 6 nitrogen and oxygen atoms in total. The second-order valence-corrected chi connectivity index (χ2v) is 8.66. The van der Waals surface area contributed by atoms with Crippen molar-refractivity contribution in [3.63, 3.8) is 0 Å². The third-order valence-corrected chi connectivity index (χ3v) is 6.45. The van der Waals surface area contributed by atoms with E-state index in [1.807, 2.05) is 0 Å². The van der Waals surface area contributed by atoms with Crippen LogP contribution in [-0.4, -0.2) is 29.6 Å². The Morgan fingerprint density at radius 3 is 2.52 bits per heavy atom. The highest BCUT2D eigenvalue weighted by molar-refractivity contribution is 7.89. The number of rotatable bonds is 6. The molecule has 0 atom stereocenters. The molecule has 0 unspecified atom stereocenters. The number of halogens is 3. The lowest BCUT2D eigenvalue weighted by Crippen LogP contribution is -2.27. The van der Waals surface area contributed by atoms with Crippen molar-refractivity contribution < 1.29 is 21.6 Å². The Bertz CT molecular complexity index is 1280. The molecule has 4 rings (SSSR count). The summed E-state index contributed by atoms with van der Waals surface area (Å²) in [6, 6.07) is 8.00. The van der Waals surface area contributed by atoms with Gasteiger partial charge in [-0.3, -0.25) is 0 Å². The Morgan fingerprint density at radius 2 is 1.76 bits per heavy atom. The summed E-state index contributed by atoms with van der Waals surface area (Å²) in [6.45, 7) is -0.0458. The molecule has 29 heavy (non-hydrogen) atoms. The normalized spacial score (nSPS) is 12.0. The topological polar surface area (TPSA) is 76.4 Å². The largest absolute Gasteiger partial charge is 0.243 e. The van der Waals surface area contributed by atoms with Crippen molar-refractivity contribution in [2.75, 3.05) is 6.54 Å². The SMILES string of the molecule is O=S(=O)(NCCc1csc2nc(-c3ccc(F)cc3)nn12)c1cc(F)ccc1F. The number of nitrogens with zero attached hydrogens (tertiary/aromatic N) is 3. The summed E-state index contributed by atoms with van der Waals surface area (Å²) in [4.78, 5) is 4.23. The fourth-order valence-corrected chi connectivity index (χ4v) is 4.67. The first-order valence-electron chi connectivity index (χ1n) is 8.37. The van der Waals surface area contributed by atoms with Crippen LogP contribution < -0.4 is 4.72 Å². The lowest BCUT2D eigenvalue weighted by atomic mass is 10.2. The van der Waals surface area contributed by atoms with Gasteiger partial charge in [0.2, 0.25) is 15.0 Å². The Labute approximate surface area is 167 Å². The molecule has 2 aromatic carbocycles. The molecule has 2 aromatic heterocycles. The summed E-state index contributed by atoms with van der Waals surface area (Å²) in [6.07, 6.45) is 0.252. The van der Waals surface area contributed by atoms with Crippen molar-refractivity contribution in [3.8, 4) is 11.4 Å². The monoisotopic (exact) mass is 438 g/mol. The van der Waals surface area contributed by atoms with Crippen LogP contribution in [0.3, 0.4) is 0 Å². The van der Waals surface area contributed by atoms with Crippen LogP contribution in [0.1, 0.15) is 5.69 Å². The van der Waals surface area contributed by atoms with Gasteiger partial charge in [0.15, 0.2) is 5.82 Å². The first kappa shape index (κ1) is 19.6. The van der Waals surface area contributed by atoms with Crippen LogP contribution in [0.25, 0.3) is 16.3 Å². The molecule has 0 radical (unpaired) electrons. The maximum atomic E-state index is 13.7. The van der Waals surface area contributed by atoms with Crippen molar-refractivity contribution >= 4 is 26.3 Å². The quantitative estimate of drug-likeness (QED) is 0.501. The smallest absolute Gasteiger partial charge is 0.211 e. The first-order valence-corrected chi connectivity index (χ1v) is 10.7. The number of nitrogens with one attached hydrogen (secondary N) is 1. The molecule has 0 aliphatic carbocycles. The van der Waals surface area contributed by atoms with Gasteiger partial charge in [-0.05, 0) is 42.5 Å². The maximum Gasteiger partial charge on any atom is 0.243 e. The molecule has 0 aliphatic rings. The third kappa shape index (κ3) is 4.02. The zero-order valence-electron chi connectivity index (χ0n) is 14.6. The van der Waals surface area contributed by atoms with Gasteiger partial charge in [-0.15, -0.1) is 16.4 Å². The third-order valence-electron chi connectivity index (χ3n) is 4.11. The van der Waals surface area contributed by atoms with Gasteiger partial charge < -0.3 is 0 Å². The molecule has 150 valence electrons. The maximum absolute atomic E-state index is 13.7. The van der Waals surface area contributed by atoms with E-state index in [0.717, 1.165) is 12.1 Å². The van der Waals surface area contributed by atoms with E-state index in [9.17, 15) is 21.6 Å². The van der Waals surface area contributed by atoms with Crippen molar-refractivity contribution in [2.24, 2.45) is 0 Å². The Balaban J connectivity index is 1.50. The minimum atomic E-state index is -4.20. The number of benzene rings is 2. The van der Waals surface area contributed by atoms with E-state index in [0.29, 0.717) is 28.1 Å². The molecule has 1 N–H and O–H groups in total. The van der Waals surface area contributed by atoms with Crippen LogP contribution in [0.15, 0.2) is 52.7 Å². The summed E-state index contributed by atoms with van der Waals surface area (Å²) in [7, 11) is -4.20. The standard InChI is InChI=1S/C18H13F3N4O2S2/c19-12-3-1-11(2-4-12)17-23-18-25(24-17)14(10-28-18)7-8-22-29(26,27)16-9-13(20)5-6-15(16)21/h1-6,9-10,22H,7-8H2. The molecule has 0 saturated heterocycles. The van der Waals surface area contributed by atoms with Gasteiger partial charge in [-0.25, -0.2) is 30.8 Å². The lowest BCUT2D eigenvalue weighted by Gasteiger charge is -2.07. The number of hydrogen-bond donors (Lipinski definition) is 1. The predicted octanol–water partition coefficient (Wildman–Crippen LogP) is 3.40. The van der Waals surface area contributed by atoms with Crippen molar-refractivity contribution in [1.29, 1.82) is 0 Å². The molecule has 0 bridgehead atoms. The Morgan fingerprint density at radius 1 is 1.03 bits per heavy atom. The first-order chi connectivity index (χ1) is 13.8. The van der Waals surface area contributed by atoms with Crippen LogP contribution >= 0.6 is 11.3 Å².